The van der Waals surface area contributed by atoms with Gasteiger partial charge in [-0.3, -0.25) is 9.89 Å². The molecular weight excluding hydrogens is 463 g/mol. The number of ether oxygens (including phenoxy) is 1. The molecule has 1 saturated heterocycles. The van der Waals surface area contributed by atoms with Crippen LogP contribution in [0, 0.1) is 11.8 Å². The molecule has 0 radical (unpaired) electrons. The molecule has 0 aliphatic carbocycles. The SMILES string of the molecule is CCNC(=NCC1CCN(Cc2ccc(OC)cc2)CC1)NC(C)C(C)C.I. The van der Waals surface area contributed by atoms with E-state index < -0.39 is 0 Å². The van der Waals surface area contributed by atoms with Crippen LogP contribution >= 0.6 is 24.0 Å². The highest BCUT2D eigenvalue weighted by atomic mass is 127. The third-order valence-electron chi connectivity index (χ3n) is 5.49. The predicted octanol–water partition coefficient (Wildman–Crippen LogP) is 4.12. The Hall–Kier alpha value is -1.02. The lowest BCUT2D eigenvalue weighted by molar-refractivity contribution is 0.180. The summed E-state index contributed by atoms with van der Waals surface area (Å²) in [6, 6.07) is 8.85. The minimum atomic E-state index is 0. The zero-order valence-electron chi connectivity index (χ0n) is 18.2. The van der Waals surface area contributed by atoms with Gasteiger partial charge in [0.15, 0.2) is 5.96 Å². The Labute approximate surface area is 188 Å². The Morgan fingerprint density at radius 3 is 2.36 bits per heavy atom. The molecule has 1 fully saturated rings. The molecule has 1 atom stereocenters. The Bertz CT molecular complexity index is 568. The van der Waals surface area contributed by atoms with E-state index in [1.807, 2.05) is 12.1 Å². The first-order chi connectivity index (χ1) is 13.0. The molecule has 0 bridgehead atoms. The van der Waals surface area contributed by atoms with Gasteiger partial charge in [-0.1, -0.05) is 26.0 Å². The van der Waals surface area contributed by atoms with Crippen molar-refractivity contribution in [1.82, 2.24) is 15.5 Å². The fraction of sp³-hybridized carbons (Fsp3) is 0.682. The number of methoxy groups -OCH3 is 1. The molecule has 160 valence electrons. The molecule has 0 saturated carbocycles. The van der Waals surface area contributed by atoms with Crippen LogP contribution in [0.3, 0.4) is 0 Å². The minimum Gasteiger partial charge on any atom is -0.497 e. The summed E-state index contributed by atoms with van der Waals surface area (Å²) in [5, 5.41) is 6.90. The predicted molar refractivity (Wildman–Crippen MR) is 130 cm³/mol. The summed E-state index contributed by atoms with van der Waals surface area (Å²) in [7, 11) is 1.71. The first-order valence-electron chi connectivity index (χ1n) is 10.4. The number of nitrogens with zero attached hydrogens (tertiary/aromatic N) is 2. The van der Waals surface area contributed by atoms with E-state index in [0.29, 0.717) is 17.9 Å². The van der Waals surface area contributed by atoms with Gasteiger partial charge >= 0.3 is 0 Å². The number of guanidine groups is 1. The fourth-order valence-corrected chi connectivity index (χ4v) is 3.24. The van der Waals surface area contributed by atoms with Gasteiger partial charge in [-0.25, -0.2) is 0 Å². The highest BCUT2D eigenvalue weighted by Crippen LogP contribution is 2.20. The van der Waals surface area contributed by atoms with Crippen molar-refractivity contribution in [3.63, 3.8) is 0 Å². The van der Waals surface area contributed by atoms with Crippen LogP contribution in [0.5, 0.6) is 5.75 Å². The lowest BCUT2D eigenvalue weighted by atomic mass is 9.96. The van der Waals surface area contributed by atoms with Gasteiger partial charge in [-0.2, -0.15) is 0 Å². The van der Waals surface area contributed by atoms with Gasteiger partial charge in [0, 0.05) is 25.7 Å². The standard InChI is InChI=1S/C22H38N4O.HI/c1-6-23-22(25-18(4)17(2)3)24-15-19-11-13-26(14-12-19)16-20-7-9-21(27-5)10-8-20;/h7-10,17-19H,6,11-16H2,1-5H3,(H2,23,24,25);1H. The fourth-order valence-electron chi connectivity index (χ4n) is 3.24. The lowest BCUT2D eigenvalue weighted by Crippen LogP contribution is -2.44. The maximum atomic E-state index is 5.24. The molecule has 1 heterocycles. The third kappa shape index (κ3) is 8.55. The van der Waals surface area contributed by atoms with Crippen molar-refractivity contribution < 1.29 is 4.74 Å². The van der Waals surface area contributed by atoms with E-state index in [9.17, 15) is 0 Å². The summed E-state index contributed by atoms with van der Waals surface area (Å²) in [4.78, 5) is 7.40. The molecule has 6 heteroatoms. The molecule has 0 spiro atoms. The van der Waals surface area contributed by atoms with E-state index in [1.54, 1.807) is 7.11 Å². The lowest BCUT2D eigenvalue weighted by Gasteiger charge is -2.31. The van der Waals surface area contributed by atoms with Gasteiger partial charge in [0.05, 0.1) is 7.11 Å². The molecule has 0 amide bonds. The van der Waals surface area contributed by atoms with Crippen LogP contribution in [0.25, 0.3) is 0 Å². The second-order valence-corrected chi connectivity index (χ2v) is 7.96. The van der Waals surface area contributed by atoms with Crippen LogP contribution in [-0.4, -0.2) is 50.2 Å². The van der Waals surface area contributed by atoms with Crippen LogP contribution < -0.4 is 15.4 Å². The molecule has 28 heavy (non-hydrogen) atoms. The van der Waals surface area contributed by atoms with Crippen molar-refractivity contribution in [2.75, 3.05) is 33.3 Å². The van der Waals surface area contributed by atoms with Crippen LogP contribution in [0.4, 0.5) is 0 Å². The highest BCUT2D eigenvalue weighted by molar-refractivity contribution is 14.0. The van der Waals surface area contributed by atoms with Crippen molar-refractivity contribution >= 4 is 29.9 Å². The Morgan fingerprint density at radius 1 is 1.18 bits per heavy atom. The summed E-state index contributed by atoms with van der Waals surface area (Å²) < 4.78 is 5.24. The van der Waals surface area contributed by atoms with E-state index in [4.69, 9.17) is 9.73 Å². The smallest absolute Gasteiger partial charge is 0.191 e. The molecule has 1 aliphatic rings. The van der Waals surface area contributed by atoms with Gasteiger partial charge in [0.1, 0.15) is 5.75 Å². The van der Waals surface area contributed by atoms with Gasteiger partial charge in [0.25, 0.3) is 0 Å². The number of piperidine rings is 1. The number of rotatable bonds is 8. The molecular formula is C22H39IN4O. The highest BCUT2D eigenvalue weighted by Gasteiger charge is 2.19. The number of hydrogen-bond acceptors (Lipinski definition) is 3. The van der Waals surface area contributed by atoms with E-state index in [0.717, 1.165) is 44.4 Å². The van der Waals surface area contributed by atoms with Gasteiger partial charge in [-0.05, 0) is 69.3 Å². The first-order valence-corrected chi connectivity index (χ1v) is 10.4. The summed E-state index contributed by atoms with van der Waals surface area (Å²) in [5.74, 6) is 3.16. The molecule has 1 aromatic rings. The summed E-state index contributed by atoms with van der Waals surface area (Å²) in [6.07, 6.45) is 2.44. The van der Waals surface area contributed by atoms with E-state index in [-0.39, 0.29) is 24.0 Å². The maximum Gasteiger partial charge on any atom is 0.191 e. The third-order valence-corrected chi connectivity index (χ3v) is 5.49. The monoisotopic (exact) mass is 502 g/mol. The summed E-state index contributed by atoms with van der Waals surface area (Å²) in [6.45, 7) is 13.9. The van der Waals surface area contributed by atoms with E-state index in [2.05, 4.69) is 55.4 Å². The van der Waals surface area contributed by atoms with Crippen molar-refractivity contribution in [2.45, 2.75) is 53.1 Å². The van der Waals surface area contributed by atoms with Gasteiger partial charge < -0.3 is 15.4 Å². The second-order valence-electron chi connectivity index (χ2n) is 7.96. The number of likely N-dealkylation sites (tertiary alicyclic amines) is 1. The topological polar surface area (TPSA) is 48.9 Å². The zero-order valence-corrected chi connectivity index (χ0v) is 20.5. The summed E-state index contributed by atoms with van der Waals surface area (Å²) >= 11 is 0. The summed E-state index contributed by atoms with van der Waals surface area (Å²) in [5.41, 5.74) is 1.36. The zero-order chi connectivity index (χ0) is 19.6. The molecule has 2 N–H and O–H groups in total. The second kappa shape index (κ2) is 13.2. The number of halogens is 1. The molecule has 1 aliphatic heterocycles. The Morgan fingerprint density at radius 2 is 1.82 bits per heavy atom. The van der Waals surface area contributed by atoms with Crippen LogP contribution in [0.2, 0.25) is 0 Å². The molecule has 0 aromatic heterocycles. The Kier molecular flexibility index (Phi) is 11.8. The molecule has 2 rings (SSSR count). The number of nitrogens with one attached hydrogen (secondary N) is 2. The molecule has 1 unspecified atom stereocenters. The van der Waals surface area contributed by atoms with Crippen LogP contribution in [0.1, 0.15) is 46.1 Å². The van der Waals surface area contributed by atoms with Crippen molar-refractivity contribution in [1.29, 1.82) is 0 Å². The van der Waals surface area contributed by atoms with E-state index in [1.165, 1.54) is 18.4 Å². The number of hydrogen-bond donors (Lipinski definition) is 2. The molecule has 5 nitrogen and oxygen atoms in total. The normalized spacial score (nSPS) is 17.1. The van der Waals surface area contributed by atoms with Crippen LogP contribution in [-0.2, 0) is 6.54 Å². The average molecular weight is 502 g/mol. The minimum absolute atomic E-state index is 0. The molecule has 1 aromatic carbocycles. The quantitative estimate of drug-likeness (QED) is 0.319. The first kappa shape index (κ1) is 25.0. The van der Waals surface area contributed by atoms with Crippen LogP contribution in [0.15, 0.2) is 29.3 Å². The van der Waals surface area contributed by atoms with Gasteiger partial charge in [0.2, 0.25) is 0 Å². The van der Waals surface area contributed by atoms with E-state index >= 15 is 0 Å². The number of aliphatic imine (C=N–C) groups is 1. The Balaban J connectivity index is 0.00000392. The number of benzene rings is 1. The largest absolute Gasteiger partial charge is 0.497 e. The van der Waals surface area contributed by atoms with Crippen molar-refractivity contribution in [2.24, 2.45) is 16.8 Å². The van der Waals surface area contributed by atoms with Crippen molar-refractivity contribution in [3.8, 4) is 5.75 Å². The maximum absolute atomic E-state index is 5.24. The van der Waals surface area contributed by atoms with Gasteiger partial charge in [-0.15, -0.1) is 24.0 Å². The average Bonchev–Trinajstić information content (AvgIpc) is 2.68. The van der Waals surface area contributed by atoms with Crippen molar-refractivity contribution in [3.05, 3.63) is 29.8 Å².